The maximum Gasteiger partial charge on any atom is 0.340 e. The number of hydrogen-bond acceptors (Lipinski definition) is 6. The maximum absolute atomic E-state index is 13.0. The van der Waals surface area contributed by atoms with Crippen molar-refractivity contribution in [1.29, 1.82) is 0 Å². The predicted molar refractivity (Wildman–Crippen MR) is 116 cm³/mol. The van der Waals surface area contributed by atoms with Crippen molar-refractivity contribution in [2.45, 2.75) is 18.7 Å². The number of aromatic nitrogens is 1. The van der Waals surface area contributed by atoms with Gasteiger partial charge in [0, 0.05) is 37.1 Å². The van der Waals surface area contributed by atoms with Crippen molar-refractivity contribution in [3.05, 3.63) is 50.8 Å². The number of nitrogens with zero attached hydrogens (tertiary/aromatic N) is 2. The first-order valence-electron chi connectivity index (χ1n) is 9.44. The summed E-state index contributed by atoms with van der Waals surface area (Å²) in [6, 6.07) is 3.98. The van der Waals surface area contributed by atoms with E-state index in [4.69, 9.17) is 32.7 Å². The number of hydrogen-bond donors (Lipinski definition) is 0. The minimum Gasteiger partial charge on any atom is -0.454 e. The third kappa shape index (κ3) is 4.80. The van der Waals surface area contributed by atoms with Crippen LogP contribution in [0.2, 0.25) is 10.0 Å². The lowest BCUT2D eigenvalue weighted by Gasteiger charge is -2.26. The smallest absolute Gasteiger partial charge is 0.340 e. The Bertz CT molecular complexity index is 1140. The standard InChI is InChI=1S/C20H22Cl2N2O6S/c1-12-8-14(13(2)23(12)3)18(25)11-30-20(26)15-9-19(17(22)10-16(15)21)31(27,28)24-4-6-29-7-5-24/h8-10H,4-7,11H2,1-3H3. The topological polar surface area (TPSA) is 94.9 Å². The fourth-order valence-corrected chi connectivity index (χ4v) is 5.47. The van der Waals surface area contributed by atoms with Gasteiger partial charge in [-0.25, -0.2) is 13.2 Å². The van der Waals surface area contributed by atoms with Gasteiger partial charge in [-0.05, 0) is 32.0 Å². The van der Waals surface area contributed by atoms with Crippen molar-refractivity contribution >= 4 is 45.0 Å². The number of rotatable bonds is 6. The first kappa shape index (κ1) is 23.7. The van der Waals surface area contributed by atoms with E-state index in [2.05, 4.69) is 0 Å². The molecule has 2 aromatic rings. The van der Waals surface area contributed by atoms with E-state index in [1.165, 1.54) is 10.4 Å². The van der Waals surface area contributed by atoms with Crippen LogP contribution in [0.15, 0.2) is 23.1 Å². The quantitative estimate of drug-likeness (QED) is 0.458. The molecule has 168 valence electrons. The third-order valence-corrected chi connectivity index (χ3v) is 7.92. The molecule has 0 spiro atoms. The van der Waals surface area contributed by atoms with Gasteiger partial charge in [-0.1, -0.05) is 23.2 Å². The summed E-state index contributed by atoms with van der Waals surface area (Å²) in [6.07, 6.45) is 0. The fraction of sp³-hybridized carbons (Fsp3) is 0.400. The Morgan fingerprint density at radius 2 is 1.71 bits per heavy atom. The Hall–Kier alpha value is -1.91. The first-order chi connectivity index (χ1) is 14.5. The minimum absolute atomic E-state index is 0.0740. The van der Waals surface area contributed by atoms with Crippen LogP contribution in [0.4, 0.5) is 0 Å². The van der Waals surface area contributed by atoms with Crippen LogP contribution in [-0.4, -0.2) is 62.0 Å². The van der Waals surface area contributed by atoms with Gasteiger partial charge in [0.25, 0.3) is 0 Å². The van der Waals surface area contributed by atoms with E-state index in [0.717, 1.165) is 17.5 Å². The zero-order valence-corrected chi connectivity index (χ0v) is 19.6. The lowest BCUT2D eigenvalue weighted by Crippen LogP contribution is -2.40. The summed E-state index contributed by atoms with van der Waals surface area (Å²) < 4.78 is 39.3. The number of morpholine rings is 1. The highest BCUT2D eigenvalue weighted by molar-refractivity contribution is 7.89. The highest BCUT2D eigenvalue weighted by atomic mass is 35.5. The van der Waals surface area contributed by atoms with Crippen LogP contribution in [0.25, 0.3) is 0 Å². The Morgan fingerprint density at radius 3 is 2.29 bits per heavy atom. The van der Waals surface area contributed by atoms with Gasteiger partial charge in [0.05, 0.1) is 28.8 Å². The van der Waals surface area contributed by atoms with Crippen LogP contribution < -0.4 is 0 Å². The van der Waals surface area contributed by atoms with Crippen molar-refractivity contribution in [2.75, 3.05) is 32.9 Å². The summed E-state index contributed by atoms with van der Waals surface area (Å²) >= 11 is 12.2. The highest BCUT2D eigenvalue weighted by Gasteiger charge is 2.30. The van der Waals surface area contributed by atoms with Gasteiger partial charge in [0.1, 0.15) is 4.90 Å². The number of ketones is 1. The first-order valence-corrected chi connectivity index (χ1v) is 11.6. The van der Waals surface area contributed by atoms with Crippen LogP contribution >= 0.6 is 23.2 Å². The maximum atomic E-state index is 13.0. The van der Waals surface area contributed by atoms with Crippen molar-refractivity contribution in [3.63, 3.8) is 0 Å². The molecule has 0 N–H and O–H groups in total. The lowest BCUT2D eigenvalue weighted by molar-refractivity contribution is 0.0474. The molecule has 11 heteroatoms. The van der Waals surface area contributed by atoms with Crippen LogP contribution in [0.3, 0.4) is 0 Å². The van der Waals surface area contributed by atoms with E-state index < -0.39 is 22.6 Å². The summed E-state index contributed by atoms with van der Waals surface area (Å²) in [5.41, 5.74) is 1.91. The van der Waals surface area contributed by atoms with E-state index in [0.29, 0.717) is 5.56 Å². The van der Waals surface area contributed by atoms with Crippen molar-refractivity contribution in [3.8, 4) is 0 Å². The van der Waals surface area contributed by atoms with E-state index in [1.54, 1.807) is 13.0 Å². The van der Waals surface area contributed by atoms with Crippen LogP contribution in [0.5, 0.6) is 0 Å². The molecule has 1 aromatic carbocycles. The average Bonchev–Trinajstić information content (AvgIpc) is 2.99. The Balaban J connectivity index is 1.82. The number of halogens is 2. The molecule has 1 aliphatic heterocycles. The summed E-state index contributed by atoms with van der Waals surface area (Å²) in [7, 11) is -2.13. The SMILES string of the molecule is Cc1cc(C(=O)COC(=O)c2cc(S(=O)(=O)N3CCOCC3)c(Cl)cc2Cl)c(C)n1C. The predicted octanol–water partition coefficient (Wildman–Crippen LogP) is 3.01. The second-order valence-electron chi connectivity index (χ2n) is 7.12. The average molecular weight is 489 g/mol. The number of carbonyl (C=O) groups is 2. The molecule has 1 fully saturated rings. The molecule has 0 saturated carbocycles. The Morgan fingerprint density at radius 1 is 1.06 bits per heavy atom. The largest absolute Gasteiger partial charge is 0.454 e. The normalized spacial score (nSPS) is 15.1. The molecule has 0 unspecified atom stereocenters. The molecule has 8 nitrogen and oxygen atoms in total. The van der Waals surface area contributed by atoms with Crippen LogP contribution in [0.1, 0.15) is 32.1 Å². The fourth-order valence-electron chi connectivity index (χ4n) is 3.23. The number of carbonyl (C=O) groups excluding carboxylic acids is 2. The summed E-state index contributed by atoms with van der Waals surface area (Å²) in [4.78, 5) is 24.8. The molecule has 0 radical (unpaired) electrons. The molecular formula is C20H22Cl2N2O6S. The van der Waals surface area contributed by atoms with Crippen LogP contribution in [-0.2, 0) is 26.5 Å². The number of Topliss-reactive ketones (excluding diaryl/α,β-unsaturated/α-hetero) is 1. The summed E-state index contributed by atoms with van der Waals surface area (Å²) in [5.74, 6) is -1.29. The molecular weight excluding hydrogens is 467 g/mol. The van der Waals surface area contributed by atoms with Gasteiger partial charge in [-0.2, -0.15) is 4.31 Å². The van der Waals surface area contributed by atoms with E-state index in [1.807, 2.05) is 18.5 Å². The molecule has 0 bridgehead atoms. The monoisotopic (exact) mass is 488 g/mol. The molecule has 3 rings (SSSR count). The van der Waals surface area contributed by atoms with E-state index in [-0.39, 0.29) is 52.6 Å². The second-order valence-corrected chi connectivity index (χ2v) is 9.84. The number of esters is 1. The number of ether oxygens (including phenoxy) is 2. The van der Waals surface area contributed by atoms with Crippen LogP contribution in [0, 0.1) is 13.8 Å². The van der Waals surface area contributed by atoms with E-state index >= 15 is 0 Å². The van der Waals surface area contributed by atoms with Crippen molar-refractivity contribution in [2.24, 2.45) is 7.05 Å². The molecule has 1 aliphatic rings. The van der Waals surface area contributed by atoms with Gasteiger partial charge in [0.15, 0.2) is 6.61 Å². The number of aryl methyl sites for hydroxylation is 1. The molecule has 31 heavy (non-hydrogen) atoms. The van der Waals surface area contributed by atoms with Gasteiger partial charge in [-0.3, -0.25) is 4.79 Å². The van der Waals surface area contributed by atoms with Gasteiger partial charge < -0.3 is 14.0 Å². The number of benzene rings is 1. The molecule has 2 heterocycles. The Kier molecular flexibility index (Phi) is 7.12. The molecule has 1 saturated heterocycles. The minimum atomic E-state index is -3.96. The zero-order valence-electron chi connectivity index (χ0n) is 17.3. The van der Waals surface area contributed by atoms with Crippen molar-refractivity contribution < 1.29 is 27.5 Å². The third-order valence-electron chi connectivity index (χ3n) is 5.24. The van der Waals surface area contributed by atoms with Gasteiger partial charge in [-0.15, -0.1) is 0 Å². The molecule has 0 aliphatic carbocycles. The summed E-state index contributed by atoms with van der Waals surface area (Å²) in [6.45, 7) is 4.02. The van der Waals surface area contributed by atoms with Gasteiger partial charge in [0.2, 0.25) is 15.8 Å². The number of sulfonamides is 1. The van der Waals surface area contributed by atoms with E-state index in [9.17, 15) is 18.0 Å². The zero-order chi connectivity index (χ0) is 22.9. The highest BCUT2D eigenvalue weighted by Crippen LogP contribution is 2.31. The molecule has 0 amide bonds. The molecule has 1 aromatic heterocycles. The van der Waals surface area contributed by atoms with Crippen molar-refractivity contribution in [1.82, 2.24) is 8.87 Å². The van der Waals surface area contributed by atoms with Gasteiger partial charge >= 0.3 is 5.97 Å². The molecule has 0 atom stereocenters. The second kappa shape index (κ2) is 9.30. The Labute approximate surface area is 190 Å². The summed E-state index contributed by atoms with van der Waals surface area (Å²) in [5, 5.41) is -0.186. The lowest BCUT2D eigenvalue weighted by atomic mass is 10.1.